The lowest BCUT2D eigenvalue weighted by molar-refractivity contribution is -0.120. The molecule has 0 bridgehead atoms. The van der Waals surface area contributed by atoms with E-state index in [1.165, 1.54) is 17.5 Å². The van der Waals surface area contributed by atoms with Crippen molar-refractivity contribution in [1.29, 1.82) is 0 Å². The summed E-state index contributed by atoms with van der Waals surface area (Å²) >= 11 is 0. The molecule has 2 rings (SSSR count). The fourth-order valence-corrected chi connectivity index (χ4v) is 2.61. The van der Waals surface area contributed by atoms with Crippen LogP contribution >= 0.6 is 0 Å². The van der Waals surface area contributed by atoms with Crippen molar-refractivity contribution in [1.82, 2.24) is 0 Å². The van der Waals surface area contributed by atoms with E-state index in [4.69, 9.17) is 0 Å². The van der Waals surface area contributed by atoms with E-state index >= 15 is 0 Å². The van der Waals surface area contributed by atoms with Gasteiger partial charge in [-0.1, -0.05) is 38.1 Å². The molecule has 0 radical (unpaired) electrons. The second-order valence-corrected chi connectivity index (χ2v) is 5.29. The van der Waals surface area contributed by atoms with Crippen LogP contribution in [0.5, 0.6) is 0 Å². The van der Waals surface area contributed by atoms with E-state index in [9.17, 15) is 4.79 Å². The molecular weight excluding hydrogens is 208 g/mol. The molecule has 1 aromatic rings. The van der Waals surface area contributed by atoms with Gasteiger partial charge in [0.25, 0.3) is 0 Å². The van der Waals surface area contributed by atoms with Gasteiger partial charge in [-0.05, 0) is 42.2 Å². The lowest BCUT2D eigenvalue weighted by Crippen LogP contribution is -2.12. The molecule has 0 aromatic heterocycles. The van der Waals surface area contributed by atoms with E-state index in [2.05, 4.69) is 38.1 Å². The number of hydrogen-bond donors (Lipinski definition) is 0. The van der Waals surface area contributed by atoms with Gasteiger partial charge in [0.05, 0.1) is 0 Å². The monoisotopic (exact) mass is 230 g/mol. The predicted octanol–water partition coefficient (Wildman–Crippen LogP) is 4.43. The van der Waals surface area contributed by atoms with Crippen LogP contribution in [0.15, 0.2) is 24.3 Å². The Kier molecular flexibility index (Phi) is 3.98. The van der Waals surface area contributed by atoms with Crippen molar-refractivity contribution in [2.24, 2.45) is 0 Å². The standard InChI is InChI=1S/C16H22O/c1-3-12(2)13-4-6-14(7-5-13)15-8-10-16(17)11-9-15/h4-7,12,15H,3,8-11H2,1-2H3. The highest BCUT2D eigenvalue weighted by Gasteiger charge is 2.20. The summed E-state index contributed by atoms with van der Waals surface area (Å²) in [5.74, 6) is 1.70. The molecule has 92 valence electrons. The first kappa shape index (κ1) is 12.3. The molecule has 1 aromatic carbocycles. The van der Waals surface area contributed by atoms with E-state index in [0.717, 1.165) is 25.7 Å². The first-order valence-corrected chi connectivity index (χ1v) is 6.82. The van der Waals surface area contributed by atoms with Crippen molar-refractivity contribution in [2.45, 2.75) is 57.8 Å². The summed E-state index contributed by atoms with van der Waals surface area (Å²) in [5.41, 5.74) is 2.85. The van der Waals surface area contributed by atoms with Gasteiger partial charge in [-0.2, -0.15) is 0 Å². The smallest absolute Gasteiger partial charge is 0.132 e. The quantitative estimate of drug-likeness (QED) is 0.751. The molecule has 0 N–H and O–H groups in total. The van der Waals surface area contributed by atoms with Crippen LogP contribution in [0.25, 0.3) is 0 Å². The summed E-state index contributed by atoms with van der Waals surface area (Å²) in [6, 6.07) is 9.06. The molecule has 1 atom stereocenters. The minimum Gasteiger partial charge on any atom is -0.300 e. The fourth-order valence-electron chi connectivity index (χ4n) is 2.61. The number of carbonyl (C=O) groups excluding carboxylic acids is 1. The third-order valence-electron chi connectivity index (χ3n) is 4.13. The van der Waals surface area contributed by atoms with E-state index < -0.39 is 0 Å². The molecule has 1 heteroatoms. The first-order valence-electron chi connectivity index (χ1n) is 6.82. The van der Waals surface area contributed by atoms with Crippen LogP contribution in [0.1, 0.15) is 68.9 Å². The Labute approximate surface area is 104 Å². The van der Waals surface area contributed by atoms with E-state index in [1.807, 2.05) is 0 Å². The lowest BCUT2D eigenvalue weighted by atomic mass is 9.83. The molecule has 0 amide bonds. The molecule has 1 fully saturated rings. The maximum absolute atomic E-state index is 11.2. The van der Waals surface area contributed by atoms with E-state index in [0.29, 0.717) is 17.6 Å². The third kappa shape index (κ3) is 2.96. The Bertz CT molecular complexity index is 367. The van der Waals surface area contributed by atoms with Crippen molar-refractivity contribution < 1.29 is 4.79 Å². The zero-order valence-corrected chi connectivity index (χ0v) is 10.9. The van der Waals surface area contributed by atoms with Gasteiger partial charge >= 0.3 is 0 Å². The molecule has 0 heterocycles. The van der Waals surface area contributed by atoms with Crippen molar-refractivity contribution in [3.05, 3.63) is 35.4 Å². The summed E-state index contributed by atoms with van der Waals surface area (Å²) in [5, 5.41) is 0. The Morgan fingerprint density at radius 3 is 2.29 bits per heavy atom. The van der Waals surface area contributed by atoms with Crippen molar-refractivity contribution in [3.63, 3.8) is 0 Å². The van der Waals surface area contributed by atoms with Crippen LogP contribution < -0.4 is 0 Å². The Balaban J connectivity index is 2.05. The van der Waals surface area contributed by atoms with Gasteiger partial charge in [0.2, 0.25) is 0 Å². The normalized spacial score (nSPS) is 19.3. The van der Waals surface area contributed by atoms with Crippen LogP contribution in [0.4, 0.5) is 0 Å². The maximum atomic E-state index is 11.2. The second-order valence-electron chi connectivity index (χ2n) is 5.29. The number of carbonyl (C=O) groups is 1. The minimum absolute atomic E-state index is 0.442. The van der Waals surface area contributed by atoms with Crippen LogP contribution in [-0.4, -0.2) is 5.78 Å². The molecule has 1 nitrogen and oxygen atoms in total. The first-order chi connectivity index (χ1) is 8.20. The van der Waals surface area contributed by atoms with Gasteiger partial charge < -0.3 is 0 Å². The van der Waals surface area contributed by atoms with E-state index in [1.54, 1.807) is 0 Å². The highest BCUT2D eigenvalue weighted by Crippen LogP contribution is 2.32. The summed E-state index contributed by atoms with van der Waals surface area (Å²) < 4.78 is 0. The number of benzene rings is 1. The summed E-state index contributed by atoms with van der Waals surface area (Å²) in [6.07, 6.45) is 4.83. The molecule has 0 aliphatic heterocycles. The van der Waals surface area contributed by atoms with Crippen molar-refractivity contribution in [3.8, 4) is 0 Å². The second kappa shape index (κ2) is 5.48. The van der Waals surface area contributed by atoms with Gasteiger partial charge in [0.15, 0.2) is 0 Å². The Hall–Kier alpha value is -1.11. The van der Waals surface area contributed by atoms with Gasteiger partial charge in [-0.3, -0.25) is 4.79 Å². The molecule has 1 aliphatic carbocycles. The SMILES string of the molecule is CCC(C)c1ccc(C2CCC(=O)CC2)cc1. The molecule has 17 heavy (non-hydrogen) atoms. The average molecular weight is 230 g/mol. The zero-order valence-electron chi connectivity index (χ0n) is 10.9. The molecule has 0 saturated heterocycles. The number of hydrogen-bond acceptors (Lipinski definition) is 1. The van der Waals surface area contributed by atoms with Gasteiger partial charge in [-0.25, -0.2) is 0 Å². The molecule has 0 spiro atoms. The van der Waals surface area contributed by atoms with Gasteiger partial charge in [0, 0.05) is 12.8 Å². The number of Topliss-reactive ketones (excluding diaryl/α,β-unsaturated/α-hetero) is 1. The van der Waals surface area contributed by atoms with Crippen molar-refractivity contribution >= 4 is 5.78 Å². The Morgan fingerprint density at radius 1 is 1.18 bits per heavy atom. The van der Waals surface area contributed by atoms with Crippen LogP contribution in [-0.2, 0) is 4.79 Å². The fraction of sp³-hybridized carbons (Fsp3) is 0.562. The van der Waals surface area contributed by atoms with E-state index in [-0.39, 0.29) is 0 Å². The summed E-state index contributed by atoms with van der Waals surface area (Å²) in [6.45, 7) is 4.50. The van der Waals surface area contributed by atoms with Gasteiger partial charge in [-0.15, -0.1) is 0 Å². The highest BCUT2D eigenvalue weighted by molar-refractivity contribution is 5.79. The molecular formula is C16H22O. The minimum atomic E-state index is 0.442. The largest absolute Gasteiger partial charge is 0.300 e. The van der Waals surface area contributed by atoms with Crippen LogP contribution in [0, 0.1) is 0 Å². The van der Waals surface area contributed by atoms with Crippen LogP contribution in [0.3, 0.4) is 0 Å². The zero-order chi connectivity index (χ0) is 12.3. The highest BCUT2D eigenvalue weighted by atomic mass is 16.1. The van der Waals surface area contributed by atoms with Crippen LogP contribution in [0.2, 0.25) is 0 Å². The van der Waals surface area contributed by atoms with Crippen molar-refractivity contribution in [2.75, 3.05) is 0 Å². The number of ketones is 1. The summed E-state index contributed by atoms with van der Waals surface area (Å²) in [7, 11) is 0. The molecule has 1 aliphatic rings. The lowest BCUT2D eigenvalue weighted by Gasteiger charge is -2.21. The molecule has 1 unspecified atom stereocenters. The third-order valence-corrected chi connectivity index (χ3v) is 4.13. The topological polar surface area (TPSA) is 17.1 Å². The summed E-state index contributed by atoms with van der Waals surface area (Å²) in [4.78, 5) is 11.2. The van der Waals surface area contributed by atoms with Gasteiger partial charge in [0.1, 0.15) is 5.78 Å². The molecule has 1 saturated carbocycles. The predicted molar refractivity (Wildman–Crippen MR) is 71.4 cm³/mol. The number of rotatable bonds is 3. The Morgan fingerprint density at radius 2 is 1.76 bits per heavy atom. The average Bonchev–Trinajstić information content (AvgIpc) is 2.39. The maximum Gasteiger partial charge on any atom is 0.132 e.